The van der Waals surface area contributed by atoms with Gasteiger partial charge in [0, 0.05) is 29.7 Å². The summed E-state index contributed by atoms with van der Waals surface area (Å²) < 4.78 is 41.4. The first kappa shape index (κ1) is 16.7. The van der Waals surface area contributed by atoms with Crippen molar-refractivity contribution in [3.63, 3.8) is 0 Å². The number of hydrogen-bond donors (Lipinski definition) is 1. The Bertz CT molecular complexity index is 618. The Balaban J connectivity index is 2.48. The Hall–Kier alpha value is -0.690. The number of hydrogen-bond acceptors (Lipinski definition) is 3. The normalized spacial score (nSPS) is 15.7. The summed E-state index contributed by atoms with van der Waals surface area (Å²) in [6.07, 6.45) is 2.37. The van der Waals surface area contributed by atoms with Crippen LogP contribution < -0.4 is 5.32 Å². The molecular weight excluding hydrogens is 315 g/mol. The van der Waals surface area contributed by atoms with E-state index >= 15 is 0 Å². The SMILES string of the molecule is CCCN(C1CC1)S(=O)(=O)c1cc(Cl)cc(CNC)c1F. The lowest BCUT2D eigenvalue weighted by atomic mass is 10.2. The zero-order valence-electron chi connectivity index (χ0n) is 12.2. The van der Waals surface area contributed by atoms with Gasteiger partial charge in [-0.05, 0) is 38.4 Å². The van der Waals surface area contributed by atoms with E-state index in [0.29, 0.717) is 13.0 Å². The van der Waals surface area contributed by atoms with Crippen molar-refractivity contribution in [1.82, 2.24) is 9.62 Å². The summed E-state index contributed by atoms with van der Waals surface area (Å²) in [4.78, 5) is -0.319. The maximum atomic E-state index is 14.5. The minimum absolute atomic E-state index is 0.00100. The van der Waals surface area contributed by atoms with E-state index in [9.17, 15) is 12.8 Å². The molecule has 1 fully saturated rings. The third-order valence-corrected chi connectivity index (χ3v) is 5.60. The monoisotopic (exact) mass is 334 g/mol. The van der Waals surface area contributed by atoms with Crippen molar-refractivity contribution in [3.8, 4) is 0 Å². The molecule has 1 saturated carbocycles. The maximum Gasteiger partial charge on any atom is 0.246 e. The molecule has 0 saturated heterocycles. The summed E-state index contributed by atoms with van der Waals surface area (Å²) in [6.45, 7) is 2.54. The molecule has 0 aromatic heterocycles. The summed E-state index contributed by atoms with van der Waals surface area (Å²) in [5, 5.41) is 3.04. The van der Waals surface area contributed by atoms with Gasteiger partial charge in [0.05, 0.1) is 0 Å². The van der Waals surface area contributed by atoms with Crippen LogP contribution in [0.2, 0.25) is 5.02 Å². The fourth-order valence-corrected chi connectivity index (χ4v) is 4.55. The molecule has 1 aliphatic rings. The average molecular weight is 335 g/mol. The lowest BCUT2D eigenvalue weighted by Gasteiger charge is -2.22. The molecule has 0 radical (unpaired) electrons. The fourth-order valence-electron chi connectivity index (χ4n) is 2.33. The third kappa shape index (κ3) is 3.56. The lowest BCUT2D eigenvalue weighted by molar-refractivity contribution is 0.399. The van der Waals surface area contributed by atoms with Crippen molar-refractivity contribution in [2.24, 2.45) is 0 Å². The van der Waals surface area contributed by atoms with Gasteiger partial charge in [-0.2, -0.15) is 4.31 Å². The van der Waals surface area contributed by atoms with Crippen LogP contribution in [0.1, 0.15) is 31.7 Å². The molecule has 1 N–H and O–H groups in total. The van der Waals surface area contributed by atoms with E-state index in [4.69, 9.17) is 11.6 Å². The van der Waals surface area contributed by atoms with E-state index in [1.54, 1.807) is 7.05 Å². The van der Waals surface area contributed by atoms with Crippen LogP contribution in [0.25, 0.3) is 0 Å². The topological polar surface area (TPSA) is 49.4 Å². The number of halogens is 2. The molecule has 2 rings (SSSR count). The van der Waals surface area contributed by atoms with Gasteiger partial charge >= 0.3 is 0 Å². The van der Waals surface area contributed by atoms with E-state index in [1.807, 2.05) is 6.92 Å². The summed E-state index contributed by atoms with van der Waals surface area (Å²) in [6, 6.07) is 2.66. The fraction of sp³-hybridized carbons (Fsp3) is 0.571. The van der Waals surface area contributed by atoms with Crippen LogP contribution in [-0.2, 0) is 16.6 Å². The van der Waals surface area contributed by atoms with Gasteiger partial charge in [-0.1, -0.05) is 18.5 Å². The predicted octanol–water partition coefficient (Wildman–Crippen LogP) is 2.76. The largest absolute Gasteiger partial charge is 0.316 e. The molecule has 1 aromatic carbocycles. The van der Waals surface area contributed by atoms with Crippen LogP contribution in [0.5, 0.6) is 0 Å². The Morgan fingerprint density at radius 2 is 2.10 bits per heavy atom. The minimum Gasteiger partial charge on any atom is -0.316 e. The number of nitrogens with one attached hydrogen (secondary N) is 1. The Morgan fingerprint density at radius 1 is 1.43 bits per heavy atom. The lowest BCUT2D eigenvalue weighted by Crippen LogP contribution is -2.34. The molecule has 0 aliphatic heterocycles. The number of rotatable bonds is 7. The molecule has 118 valence electrons. The first-order valence-electron chi connectivity index (χ1n) is 7.06. The minimum atomic E-state index is -3.85. The maximum absolute atomic E-state index is 14.5. The van der Waals surface area contributed by atoms with Gasteiger partial charge in [0.15, 0.2) is 0 Å². The number of benzene rings is 1. The summed E-state index contributed by atoms with van der Waals surface area (Å²) in [7, 11) is -2.18. The highest BCUT2D eigenvalue weighted by molar-refractivity contribution is 7.89. The zero-order chi connectivity index (χ0) is 15.6. The number of sulfonamides is 1. The van der Waals surface area contributed by atoms with E-state index in [0.717, 1.165) is 12.8 Å². The highest BCUT2D eigenvalue weighted by Crippen LogP contribution is 2.34. The summed E-state index contributed by atoms with van der Waals surface area (Å²) >= 11 is 5.96. The summed E-state index contributed by atoms with van der Waals surface area (Å²) in [5.74, 6) is -0.712. The van der Waals surface area contributed by atoms with E-state index < -0.39 is 15.8 Å². The quantitative estimate of drug-likeness (QED) is 0.834. The zero-order valence-corrected chi connectivity index (χ0v) is 13.8. The van der Waals surface area contributed by atoms with Crippen molar-refractivity contribution in [2.75, 3.05) is 13.6 Å². The van der Waals surface area contributed by atoms with Crippen LogP contribution in [0.4, 0.5) is 4.39 Å². The molecule has 0 unspecified atom stereocenters. The van der Waals surface area contributed by atoms with Crippen molar-refractivity contribution < 1.29 is 12.8 Å². The smallest absolute Gasteiger partial charge is 0.246 e. The third-order valence-electron chi connectivity index (χ3n) is 3.43. The van der Waals surface area contributed by atoms with Crippen molar-refractivity contribution in [2.45, 2.75) is 43.7 Å². The van der Waals surface area contributed by atoms with Crippen molar-refractivity contribution in [3.05, 3.63) is 28.5 Å². The standard InChI is InChI=1S/C14H20ClFN2O2S/c1-3-6-18(12-4-5-12)21(19,20)13-8-11(15)7-10(9-17-2)14(13)16/h7-8,12,17H,3-6,9H2,1-2H3. The molecule has 0 heterocycles. The Labute approximate surface area is 130 Å². The van der Waals surface area contributed by atoms with Gasteiger partial charge in [0.2, 0.25) is 10.0 Å². The Morgan fingerprint density at radius 3 is 2.62 bits per heavy atom. The van der Waals surface area contributed by atoms with Crippen LogP contribution >= 0.6 is 11.6 Å². The molecule has 0 atom stereocenters. The first-order valence-corrected chi connectivity index (χ1v) is 8.88. The molecule has 0 bridgehead atoms. The van der Waals surface area contributed by atoms with Gasteiger partial charge in [-0.3, -0.25) is 0 Å². The van der Waals surface area contributed by atoms with Crippen molar-refractivity contribution >= 4 is 21.6 Å². The van der Waals surface area contributed by atoms with Crippen LogP contribution in [-0.4, -0.2) is 32.4 Å². The second-order valence-electron chi connectivity index (χ2n) is 5.25. The number of nitrogens with zero attached hydrogens (tertiary/aromatic N) is 1. The molecule has 7 heteroatoms. The predicted molar refractivity (Wildman–Crippen MR) is 81.4 cm³/mol. The van der Waals surface area contributed by atoms with Gasteiger partial charge < -0.3 is 5.32 Å². The van der Waals surface area contributed by atoms with E-state index in [2.05, 4.69) is 5.32 Å². The average Bonchev–Trinajstić information content (AvgIpc) is 3.24. The second kappa shape index (κ2) is 6.60. The van der Waals surface area contributed by atoms with Crippen molar-refractivity contribution in [1.29, 1.82) is 0 Å². The molecule has 21 heavy (non-hydrogen) atoms. The molecule has 0 spiro atoms. The van der Waals surface area contributed by atoms with Crippen LogP contribution in [0.15, 0.2) is 17.0 Å². The molecule has 0 amide bonds. The molecule has 1 aromatic rings. The van der Waals surface area contributed by atoms with Gasteiger partial charge in [-0.25, -0.2) is 12.8 Å². The summed E-state index contributed by atoms with van der Waals surface area (Å²) in [5.41, 5.74) is 0.260. The van der Waals surface area contributed by atoms with Crippen LogP contribution in [0, 0.1) is 5.82 Å². The second-order valence-corrected chi connectivity index (χ2v) is 7.55. The molecule has 4 nitrogen and oxygen atoms in total. The van der Waals surface area contributed by atoms with Gasteiger partial charge in [0.25, 0.3) is 0 Å². The van der Waals surface area contributed by atoms with Gasteiger partial charge in [-0.15, -0.1) is 0 Å². The molecule has 1 aliphatic carbocycles. The first-order chi connectivity index (χ1) is 9.91. The van der Waals surface area contributed by atoms with Gasteiger partial charge in [0.1, 0.15) is 10.7 Å². The van der Waals surface area contributed by atoms with E-state index in [1.165, 1.54) is 16.4 Å². The van der Waals surface area contributed by atoms with E-state index in [-0.39, 0.29) is 28.1 Å². The highest BCUT2D eigenvalue weighted by Gasteiger charge is 2.39. The molecular formula is C14H20ClFN2O2S. The van der Waals surface area contributed by atoms with Crippen LogP contribution in [0.3, 0.4) is 0 Å². The Kier molecular flexibility index (Phi) is 5.24. The highest BCUT2D eigenvalue weighted by atomic mass is 35.5.